The summed E-state index contributed by atoms with van der Waals surface area (Å²) in [6.07, 6.45) is 0. The van der Waals surface area contributed by atoms with Crippen molar-refractivity contribution in [2.45, 2.75) is 0 Å². The predicted molar refractivity (Wildman–Crippen MR) is 282 cm³/mol. The minimum absolute atomic E-state index is 0.824. The number of nitrogens with zero attached hydrogens (tertiary/aromatic N) is 2. The Bertz CT molecular complexity index is 3920. The molecule has 0 N–H and O–H groups in total. The minimum Gasteiger partial charge on any atom is -0.453 e. The molecular formula is C64H40N2O2. The van der Waals surface area contributed by atoms with E-state index >= 15 is 0 Å². The molecule has 0 aliphatic carbocycles. The van der Waals surface area contributed by atoms with Gasteiger partial charge in [0.1, 0.15) is 0 Å². The Labute approximate surface area is 393 Å². The molecule has 4 nitrogen and oxygen atoms in total. The van der Waals surface area contributed by atoms with Crippen LogP contribution in [0.25, 0.3) is 76.5 Å². The van der Waals surface area contributed by atoms with Gasteiger partial charge in [0, 0.05) is 11.4 Å². The largest absolute Gasteiger partial charge is 0.453 e. The Kier molecular flexibility index (Phi) is 8.55. The molecule has 14 rings (SSSR count). The molecule has 0 bridgehead atoms. The highest BCUT2D eigenvalue weighted by molar-refractivity contribution is 6.23. The molecule has 68 heavy (non-hydrogen) atoms. The molecule has 2 aliphatic heterocycles. The number of hydrogen-bond donors (Lipinski definition) is 0. The van der Waals surface area contributed by atoms with Crippen LogP contribution in [0.3, 0.4) is 0 Å². The Morgan fingerprint density at radius 1 is 0.235 bits per heavy atom. The summed E-state index contributed by atoms with van der Waals surface area (Å²) in [4.78, 5) is 4.69. The summed E-state index contributed by atoms with van der Waals surface area (Å²) in [7, 11) is 0. The van der Waals surface area contributed by atoms with Crippen molar-refractivity contribution in [1.82, 2.24) is 0 Å². The molecule has 0 amide bonds. The number of ether oxygens (including phenoxy) is 2. The van der Waals surface area contributed by atoms with E-state index in [0.29, 0.717) is 0 Å². The number of rotatable bonds is 5. The SMILES string of the molecule is c1ccc(-c2ccc3cc(-c4c5ccc(N6c7ccccc7Oc7ccccc76)cc5c(-c5ccc6ccccc6c5)c5ccc(N6c7ccccc7Oc7ccccc76)cc45)ccc3c2)cc1. The Morgan fingerprint density at radius 3 is 1.09 bits per heavy atom. The lowest BCUT2D eigenvalue weighted by molar-refractivity contribution is 0.477. The summed E-state index contributed by atoms with van der Waals surface area (Å²) in [6.45, 7) is 0. The molecule has 0 aromatic heterocycles. The summed E-state index contributed by atoms with van der Waals surface area (Å²) in [6, 6.07) is 87.4. The maximum Gasteiger partial charge on any atom is 0.151 e. The van der Waals surface area contributed by atoms with Gasteiger partial charge in [0.05, 0.1) is 22.7 Å². The normalized spacial score (nSPS) is 12.6. The van der Waals surface area contributed by atoms with Gasteiger partial charge in [0.25, 0.3) is 0 Å². The zero-order valence-electron chi connectivity index (χ0n) is 36.8. The van der Waals surface area contributed by atoms with E-state index in [-0.39, 0.29) is 0 Å². The Morgan fingerprint density at radius 2 is 0.603 bits per heavy atom. The monoisotopic (exact) mass is 868 g/mol. The van der Waals surface area contributed by atoms with Gasteiger partial charge in [-0.15, -0.1) is 0 Å². The molecule has 2 heterocycles. The van der Waals surface area contributed by atoms with Crippen molar-refractivity contribution in [3.63, 3.8) is 0 Å². The first kappa shape index (κ1) is 38.2. The second-order valence-electron chi connectivity index (χ2n) is 17.7. The second-order valence-corrected chi connectivity index (χ2v) is 17.7. The van der Waals surface area contributed by atoms with E-state index in [4.69, 9.17) is 9.47 Å². The lowest BCUT2D eigenvalue weighted by Crippen LogP contribution is -2.15. The third-order valence-electron chi connectivity index (χ3n) is 13.7. The summed E-state index contributed by atoms with van der Waals surface area (Å²) in [5.74, 6) is 3.30. The van der Waals surface area contributed by atoms with Crippen LogP contribution in [0.15, 0.2) is 243 Å². The van der Waals surface area contributed by atoms with Crippen molar-refractivity contribution >= 4 is 77.2 Å². The molecule has 12 aromatic carbocycles. The summed E-state index contributed by atoms with van der Waals surface area (Å²) in [5, 5.41) is 9.46. The smallest absolute Gasteiger partial charge is 0.151 e. The molecule has 0 fully saturated rings. The summed E-state index contributed by atoms with van der Waals surface area (Å²) < 4.78 is 13.0. The fourth-order valence-electron chi connectivity index (χ4n) is 10.6. The van der Waals surface area contributed by atoms with Gasteiger partial charge >= 0.3 is 0 Å². The molecule has 4 heteroatoms. The number of para-hydroxylation sites is 8. The zero-order valence-corrected chi connectivity index (χ0v) is 36.8. The number of anilines is 6. The Hall–Kier alpha value is -9.12. The van der Waals surface area contributed by atoms with Crippen LogP contribution in [-0.4, -0.2) is 0 Å². The van der Waals surface area contributed by atoms with Crippen LogP contribution in [0.5, 0.6) is 23.0 Å². The van der Waals surface area contributed by atoms with Crippen molar-refractivity contribution in [1.29, 1.82) is 0 Å². The van der Waals surface area contributed by atoms with Crippen LogP contribution in [-0.2, 0) is 0 Å². The van der Waals surface area contributed by atoms with Crippen molar-refractivity contribution in [2.75, 3.05) is 9.80 Å². The lowest BCUT2D eigenvalue weighted by atomic mass is 9.84. The zero-order chi connectivity index (χ0) is 44.7. The van der Waals surface area contributed by atoms with E-state index in [9.17, 15) is 0 Å². The van der Waals surface area contributed by atoms with Gasteiger partial charge in [-0.1, -0.05) is 152 Å². The summed E-state index contributed by atoms with van der Waals surface area (Å²) in [5.41, 5.74) is 13.2. The average molecular weight is 869 g/mol. The van der Waals surface area contributed by atoms with Gasteiger partial charge in [0.15, 0.2) is 23.0 Å². The van der Waals surface area contributed by atoms with E-state index in [2.05, 4.69) is 228 Å². The first-order chi connectivity index (χ1) is 33.7. The molecule has 0 saturated heterocycles. The van der Waals surface area contributed by atoms with E-state index < -0.39 is 0 Å². The van der Waals surface area contributed by atoms with Gasteiger partial charge < -0.3 is 19.3 Å². The van der Waals surface area contributed by atoms with Gasteiger partial charge in [-0.25, -0.2) is 0 Å². The lowest BCUT2D eigenvalue weighted by Gasteiger charge is -2.33. The van der Waals surface area contributed by atoms with Crippen LogP contribution < -0.4 is 19.3 Å². The van der Waals surface area contributed by atoms with Gasteiger partial charge in [0.2, 0.25) is 0 Å². The predicted octanol–water partition coefficient (Wildman–Crippen LogP) is 18.5. The average Bonchev–Trinajstić information content (AvgIpc) is 3.40. The number of benzene rings is 12. The molecule has 0 spiro atoms. The van der Waals surface area contributed by atoms with Crippen LogP contribution in [0.1, 0.15) is 0 Å². The number of fused-ring (bicyclic) bond motifs is 8. The van der Waals surface area contributed by atoms with E-state index in [1.165, 1.54) is 54.6 Å². The van der Waals surface area contributed by atoms with Crippen molar-refractivity contribution in [2.24, 2.45) is 0 Å². The van der Waals surface area contributed by atoms with Crippen molar-refractivity contribution < 1.29 is 9.47 Å². The Balaban J connectivity index is 1.08. The standard InChI is InChI=1S/C64H40N2O2/c1-2-14-41(15-3-1)44-27-28-46-38-48(31-29-45(46)36-44)64-52-35-33-49(65-55-18-6-10-22-59(55)67-60-23-11-7-19-56(60)65)39-53(52)63(47-30-26-42-16-4-5-17-43(42)37-47)51-34-32-50(40-54(51)64)66-57-20-8-12-24-61(57)68-62-25-13-9-21-58(62)66/h1-40H. The molecular weight excluding hydrogens is 829 g/mol. The molecule has 0 saturated carbocycles. The molecule has 0 atom stereocenters. The van der Waals surface area contributed by atoms with Crippen LogP contribution in [0, 0.1) is 0 Å². The van der Waals surface area contributed by atoms with E-state index in [1.54, 1.807) is 0 Å². The van der Waals surface area contributed by atoms with Gasteiger partial charge in [-0.05, 0) is 167 Å². The van der Waals surface area contributed by atoms with E-state index in [1.807, 2.05) is 24.3 Å². The highest BCUT2D eigenvalue weighted by atomic mass is 16.5. The van der Waals surface area contributed by atoms with E-state index in [0.717, 1.165) is 79.0 Å². The maximum atomic E-state index is 6.51. The van der Waals surface area contributed by atoms with Crippen molar-refractivity contribution in [3.8, 4) is 56.4 Å². The van der Waals surface area contributed by atoms with Gasteiger partial charge in [-0.3, -0.25) is 0 Å². The topological polar surface area (TPSA) is 24.9 Å². The summed E-state index contributed by atoms with van der Waals surface area (Å²) >= 11 is 0. The van der Waals surface area contributed by atoms with Crippen LogP contribution >= 0.6 is 0 Å². The first-order valence-electron chi connectivity index (χ1n) is 23.1. The quantitative estimate of drug-likeness (QED) is 0.161. The molecule has 0 unspecified atom stereocenters. The van der Waals surface area contributed by atoms with Crippen LogP contribution in [0.2, 0.25) is 0 Å². The highest BCUT2D eigenvalue weighted by Gasteiger charge is 2.29. The number of hydrogen-bond acceptors (Lipinski definition) is 4. The third-order valence-corrected chi connectivity index (χ3v) is 13.7. The van der Waals surface area contributed by atoms with Crippen molar-refractivity contribution in [3.05, 3.63) is 243 Å². The molecule has 318 valence electrons. The van der Waals surface area contributed by atoms with Gasteiger partial charge in [-0.2, -0.15) is 0 Å². The van der Waals surface area contributed by atoms with Crippen LogP contribution in [0.4, 0.5) is 34.1 Å². The fraction of sp³-hybridized carbons (Fsp3) is 0. The molecule has 12 aromatic rings. The third kappa shape index (κ3) is 6.08. The maximum absolute atomic E-state index is 6.51. The first-order valence-corrected chi connectivity index (χ1v) is 23.1. The minimum atomic E-state index is 0.824. The fourth-order valence-corrected chi connectivity index (χ4v) is 10.6. The highest BCUT2D eigenvalue weighted by Crippen LogP contribution is 2.55. The molecule has 0 radical (unpaired) electrons. The second kappa shape index (κ2) is 15.2. The molecule has 2 aliphatic rings.